The Hall–Kier alpha value is -1.91. The van der Waals surface area contributed by atoms with Gasteiger partial charge >= 0.3 is 6.09 Å². The lowest BCUT2D eigenvalue weighted by Crippen LogP contribution is -2.38. The molecule has 21 heavy (non-hydrogen) atoms. The molecule has 5 nitrogen and oxygen atoms in total. The lowest BCUT2D eigenvalue weighted by Gasteiger charge is -2.21. The molecule has 0 spiro atoms. The highest BCUT2D eigenvalue weighted by Crippen LogP contribution is 2.25. The first-order valence-corrected chi connectivity index (χ1v) is 7.33. The number of anilines is 1. The van der Waals surface area contributed by atoms with Crippen LogP contribution < -0.4 is 15.8 Å². The number of carbonyl (C=O) groups is 1. The minimum absolute atomic E-state index is 0.110. The molecule has 0 saturated heterocycles. The van der Waals surface area contributed by atoms with Crippen LogP contribution in [0, 0.1) is 0 Å². The Morgan fingerprint density at radius 2 is 1.90 bits per heavy atom. The van der Waals surface area contributed by atoms with Crippen LogP contribution in [0.4, 0.5) is 10.5 Å². The van der Waals surface area contributed by atoms with E-state index in [1.807, 2.05) is 45.0 Å². The second kappa shape index (κ2) is 6.24. The van der Waals surface area contributed by atoms with Gasteiger partial charge in [0, 0.05) is 18.2 Å². The molecule has 2 atom stereocenters. The van der Waals surface area contributed by atoms with Gasteiger partial charge in [-0.1, -0.05) is 0 Å². The van der Waals surface area contributed by atoms with Crippen LogP contribution in [0.5, 0.6) is 5.75 Å². The molecule has 1 aliphatic rings. The van der Waals surface area contributed by atoms with Crippen LogP contribution in [0.3, 0.4) is 0 Å². The zero-order valence-electron chi connectivity index (χ0n) is 12.9. The van der Waals surface area contributed by atoms with E-state index in [2.05, 4.69) is 5.32 Å². The molecular weight excluding hydrogens is 268 g/mol. The van der Waals surface area contributed by atoms with Gasteiger partial charge in [0.2, 0.25) is 0 Å². The Morgan fingerprint density at radius 1 is 1.24 bits per heavy atom. The lowest BCUT2D eigenvalue weighted by atomic mass is 10.2. The van der Waals surface area contributed by atoms with E-state index < -0.39 is 5.60 Å². The number of benzene rings is 1. The number of hydrogen-bond donors (Lipinski definition) is 2. The van der Waals surface area contributed by atoms with E-state index in [4.69, 9.17) is 15.2 Å². The molecule has 1 aromatic rings. The van der Waals surface area contributed by atoms with Crippen molar-refractivity contribution < 1.29 is 14.3 Å². The minimum Gasteiger partial charge on any atom is -0.490 e. The standard InChI is InChI=1S/C16H24N2O3/c1-16(2,3)21-15(19)18-12-6-9-14(10-12)20-13-7-4-11(17)5-8-13/h4-5,7-8,12,14H,6,9-10,17H2,1-3H3,(H,18,19)/t12-,14-/m1/s1. The molecule has 1 amide bonds. The molecule has 3 N–H and O–H groups in total. The van der Waals surface area contributed by atoms with Gasteiger partial charge in [-0.3, -0.25) is 0 Å². The third-order valence-corrected chi connectivity index (χ3v) is 3.29. The highest BCUT2D eigenvalue weighted by atomic mass is 16.6. The second-order valence-electron chi connectivity index (χ2n) is 6.47. The average molecular weight is 292 g/mol. The molecule has 1 aliphatic carbocycles. The molecule has 1 fully saturated rings. The molecule has 116 valence electrons. The van der Waals surface area contributed by atoms with Crippen LogP contribution in [-0.4, -0.2) is 23.8 Å². The molecule has 0 unspecified atom stereocenters. The van der Waals surface area contributed by atoms with Crippen LogP contribution in [0.25, 0.3) is 0 Å². The number of nitrogens with two attached hydrogens (primary N) is 1. The molecule has 0 heterocycles. The molecule has 1 saturated carbocycles. The number of carbonyl (C=O) groups excluding carboxylic acids is 1. The maximum Gasteiger partial charge on any atom is 0.407 e. The number of nitrogen functional groups attached to an aromatic ring is 1. The molecule has 0 aromatic heterocycles. The normalized spacial score (nSPS) is 21.9. The molecular formula is C16H24N2O3. The monoisotopic (exact) mass is 292 g/mol. The quantitative estimate of drug-likeness (QED) is 0.840. The largest absolute Gasteiger partial charge is 0.490 e. The van der Waals surface area contributed by atoms with E-state index in [9.17, 15) is 4.79 Å². The van der Waals surface area contributed by atoms with Gasteiger partial charge in [-0.25, -0.2) is 4.79 Å². The molecule has 0 aliphatic heterocycles. The third-order valence-electron chi connectivity index (χ3n) is 3.29. The fourth-order valence-electron chi connectivity index (χ4n) is 2.39. The van der Waals surface area contributed by atoms with Gasteiger partial charge in [-0.05, 0) is 57.9 Å². The van der Waals surface area contributed by atoms with Crippen molar-refractivity contribution in [2.75, 3.05) is 5.73 Å². The summed E-state index contributed by atoms with van der Waals surface area (Å²) in [6, 6.07) is 7.48. The van der Waals surface area contributed by atoms with Gasteiger partial charge in [-0.15, -0.1) is 0 Å². The molecule has 2 rings (SSSR count). The topological polar surface area (TPSA) is 73.6 Å². The third kappa shape index (κ3) is 5.17. The maximum atomic E-state index is 11.7. The fourth-order valence-corrected chi connectivity index (χ4v) is 2.39. The zero-order chi connectivity index (χ0) is 15.5. The Bertz CT molecular complexity index is 479. The first-order chi connectivity index (χ1) is 9.82. The fraction of sp³-hybridized carbons (Fsp3) is 0.562. The zero-order valence-corrected chi connectivity index (χ0v) is 12.9. The summed E-state index contributed by atoms with van der Waals surface area (Å²) >= 11 is 0. The van der Waals surface area contributed by atoms with Crippen molar-refractivity contribution in [2.45, 2.75) is 57.8 Å². The summed E-state index contributed by atoms with van der Waals surface area (Å²) in [4.78, 5) is 11.7. The highest BCUT2D eigenvalue weighted by Gasteiger charge is 2.28. The van der Waals surface area contributed by atoms with Crippen LogP contribution >= 0.6 is 0 Å². The number of ether oxygens (including phenoxy) is 2. The number of amides is 1. The van der Waals surface area contributed by atoms with Crippen molar-refractivity contribution in [1.82, 2.24) is 5.32 Å². The first kappa shape index (κ1) is 15.5. The number of alkyl carbamates (subject to hydrolysis) is 1. The first-order valence-electron chi connectivity index (χ1n) is 7.33. The average Bonchev–Trinajstić information content (AvgIpc) is 2.77. The summed E-state index contributed by atoms with van der Waals surface area (Å²) in [6.45, 7) is 5.57. The van der Waals surface area contributed by atoms with Gasteiger partial charge in [-0.2, -0.15) is 0 Å². The van der Waals surface area contributed by atoms with Crippen LogP contribution in [0.2, 0.25) is 0 Å². The summed E-state index contributed by atoms with van der Waals surface area (Å²) in [5.41, 5.74) is 5.90. The number of rotatable bonds is 3. The maximum absolute atomic E-state index is 11.7. The molecule has 0 radical (unpaired) electrons. The van der Waals surface area contributed by atoms with Crippen molar-refractivity contribution in [2.24, 2.45) is 0 Å². The molecule has 5 heteroatoms. The van der Waals surface area contributed by atoms with E-state index in [1.165, 1.54) is 0 Å². The van der Waals surface area contributed by atoms with Gasteiger partial charge < -0.3 is 20.5 Å². The Balaban J connectivity index is 1.78. The molecule has 0 bridgehead atoms. The number of nitrogens with one attached hydrogen (secondary N) is 1. The Labute approximate surface area is 125 Å². The van der Waals surface area contributed by atoms with E-state index in [0.29, 0.717) is 0 Å². The Morgan fingerprint density at radius 3 is 2.52 bits per heavy atom. The smallest absolute Gasteiger partial charge is 0.407 e. The highest BCUT2D eigenvalue weighted by molar-refractivity contribution is 5.68. The summed E-state index contributed by atoms with van der Waals surface area (Å²) in [6.07, 6.45) is 2.38. The van der Waals surface area contributed by atoms with Gasteiger partial charge in [0.05, 0.1) is 0 Å². The van der Waals surface area contributed by atoms with Crippen LogP contribution in [-0.2, 0) is 4.74 Å². The minimum atomic E-state index is -0.470. The van der Waals surface area contributed by atoms with E-state index in [1.54, 1.807) is 0 Å². The van der Waals surface area contributed by atoms with Crippen molar-refractivity contribution in [3.8, 4) is 5.75 Å². The lowest BCUT2D eigenvalue weighted by molar-refractivity contribution is 0.0503. The summed E-state index contributed by atoms with van der Waals surface area (Å²) < 4.78 is 11.2. The SMILES string of the molecule is CC(C)(C)OC(=O)N[C@@H]1CC[C@@H](Oc2ccc(N)cc2)C1. The number of hydrogen-bond acceptors (Lipinski definition) is 4. The van der Waals surface area contributed by atoms with Gasteiger partial charge in [0.1, 0.15) is 17.5 Å². The van der Waals surface area contributed by atoms with Crippen LogP contribution in [0.1, 0.15) is 40.0 Å². The van der Waals surface area contributed by atoms with Crippen molar-refractivity contribution in [1.29, 1.82) is 0 Å². The molecule has 1 aromatic carbocycles. The van der Waals surface area contributed by atoms with Crippen LogP contribution in [0.15, 0.2) is 24.3 Å². The summed E-state index contributed by atoms with van der Waals surface area (Å²) in [7, 11) is 0. The predicted molar refractivity (Wildman–Crippen MR) is 82.3 cm³/mol. The van der Waals surface area contributed by atoms with Crippen molar-refractivity contribution in [3.63, 3.8) is 0 Å². The second-order valence-corrected chi connectivity index (χ2v) is 6.47. The van der Waals surface area contributed by atoms with E-state index in [-0.39, 0.29) is 18.2 Å². The van der Waals surface area contributed by atoms with Gasteiger partial charge in [0.25, 0.3) is 0 Å². The van der Waals surface area contributed by atoms with Gasteiger partial charge in [0.15, 0.2) is 0 Å². The van der Waals surface area contributed by atoms with E-state index in [0.717, 1.165) is 30.7 Å². The predicted octanol–water partition coefficient (Wildman–Crippen LogP) is 3.09. The summed E-state index contributed by atoms with van der Waals surface area (Å²) in [5, 5.41) is 2.90. The van der Waals surface area contributed by atoms with Crippen molar-refractivity contribution in [3.05, 3.63) is 24.3 Å². The summed E-state index contributed by atoms with van der Waals surface area (Å²) in [5.74, 6) is 0.812. The van der Waals surface area contributed by atoms with Crippen molar-refractivity contribution >= 4 is 11.8 Å². The Kier molecular flexibility index (Phi) is 4.60. The van der Waals surface area contributed by atoms with E-state index >= 15 is 0 Å².